The number of benzene rings is 1. The van der Waals surface area contributed by atoms with Gasteiger partial charge in [0.25, 0.3) is 5.92 Å². The van der Waals surface area contributed by atoms with Crippen molar-refractivity contribution in [2.45, 2.75) is 56.5 Å². The molecule has 3 aromatic rings. The van der Waals surface area contributed by atoms with E-state index in [9.17, 15) is 22.4 Å². The van der Waals surface area contributed by atoms with Crippen LogP contribution in [0.2, 0.25) is 0 Å². The monoisotopic (exact) mass is 502 g/mol. The van der Waals surface area contributed by atoms with Crippen molar-refractivity contribution in [2.75, 3.05) is 10.6 Å². The first-order valence-corrected chi connectivity index (χ1v) is 11.5. The Bertz CT molecular complexity index is 1350. The zero-order chi connectivity index (χ0) is 25.6. The van der Waals surface area contributed by atoms with Gasteiger partial charge in [-0.15, -0.1) is 0 Å². The Morgan fingerprint density at radius 1 is 1.14 bits per heavy atom. The molecule has 0 radical (unpaired) electrons. The highest BCUT2D eigenvalue weighted by Gasteiger charge is 2.45. The summed E-state index contributed by atoms with van der Waals surface area (Å²) in [5.41, 5.74) is 5.47. The second-order valence-corrected chi connectivity index (χ2v) is 9.27. The summed E-state index contributed by atoms with van der Waals surface area (Å²) in [6.45, 7) is 0. The maximum atomic E-state index is 14.6. The van der Waals surface area contributed by atoms with Crippen molar-refractivity contribution in [3.8, 4) is 6.07 Å². The number of imidazole rings is 1. The molecule has 36 heavy (non-hydrogen) atoms. The van der Waals surface area contributed by atoms with Gasteiger partial charge in [0, 0.05) is 30.8 Å². The number of nitriles is 1. The molecule has 5 rings (SSSR count). The maximum absolute atomic E-state index is 14.6. The van der Waals surface area contributed by atoms with Crippen molar-refractivity contribution in [3.05, 3.63) is 35.5 Å². The van der Waals surface area contributed by atoms with Crippen LogP contribution in [0.15, 0.2) is 18.3 Å². The van der Waals surface area contributed by atoms with Gasteiger partial charge in [-0.3, -0.25) is 9.36 Å². The normalized spacial score (nSPS) is 21.5. The van der Waals surface area contributed by atoms with Crippen LogP contribution < -0.4 is 16.4 Å². The summed E-state index contributed by atoms with van der Waals surface area (Å²) in [5, 5.41) is 14.5. The number of nitrogens with two attached hydrogens (primary N) is 1. The van der Waals surface area contributed by atoms with Crippen LogP contribution in [0.25, 0.3) is 11.2 Å². The molecule has 2 heterocycles. The molecular formula is C23H22F4N8O. The van der Waals surface area contributed by atoms with Crippen molar-refractivity contribution in [3.63, 3.8) is 0 Å². The summed E-state index contributed by atoms with van der Waals surface area (Å²) in [4.78, 5) is 24.7. The van der Waals surface area contributed by atoms with Crippen molar-refractivity contribution < 1.29 is 22.4 Å². The largest absolute Gasteiger partial charge is 0.369 e. The van der Waals surface area contributed by atoms with Crippen molar-refractivity contribution in [1.82, 2.24) is 19.5 Å². The third-order valence-electron chi connectivity index (χ3n) is 6.73. The molecule has 1 aromatic carbocycles. The predicted octanol–water partition coefficient (Wildman–Crippen LogP) is 4.15. The Labute approximate surface area is 202 Å². The third kappa shape index (κ3) is 4.50. The highest BCUT2D eigenvalue weighted by molar-refractivity contribution is 5.78. The number of amides is 1. The minimum absolute atomic E-state index is 0.0941. The van der Waals surface area contributed by atoms with Crippen LogP contribution in [0.5, 0.6) is 0 Å². The summed E-state index contributed by atoms with van der Waals surface area (Å²) in [6.07, 6.45) is 2.87. The van der Waals surface area contributed by atoms with Gasteiger partial charge in [-0.1, -0.05) is 0 Å². The first-order chi connectivity index (χ1) is 17.1. The van der Waals surface area contributed by atoms with E-state index in [0.717, 1.165) is 12.1 Å². The first kappa shape index (κ1) is 23.8. The fourth-order valence-electron chi connectivity index (χ4n) is 4.83. The minimum Gasteiger partial charge on any atom is -0.369 e. The molecule has 9 nitrogen and oxygen atoms in total. The fraction of sp³-hybridized carbons (Fsp3) is 0.435. The molecule has 0 saturated heterocycles. The van der Waals surface area contributed by atoms with Gasteiger partial charge in [0.1, 0.15) is 11.2 Å². The molecule has 0 bridgehead atoms. The smallest absolute Gasteiger partial charge is 0.252 e. The number of hydrogen-bond donors (Lipinski definition) is 3. The summed E-state index contributed by atoms with van der Waals surface area (Å²) in [7, 11) is 0. The van der Waals surface area contributed by atoms with Crippen LogP contribution in [0.1, 0.15) is 50.1 Å². The summed E-state index contributed by atoms with van der Waals surface area (Å²) >= 11 is 0. The number of fused-ring (bicyclic) bond motifs is 1. The molecule has 2 saturated carbocycles. The van der Waals surface area contributed by atoms with Gasteiger partial charge < -0.3 is 16.4 Å². The molecule has 1 amide bonds. The second-order valence-electron chi connectivity index (χ2n) is 9.27. The lowest BCUT2D eigenvalue weighted by Crippen LogP contribution is -2.44. The highest BCUT2D eigenvalue weighted by atomic mass is 19.3. The third-order valence-corrected chi connectivity index (χ3v) is 6.73. The Balaban J connectivity index is 1.52. The predicted molar refractivity (Wildman–Crippen MR) is 121 cm³/mol. The number of hydrogen-bond acceptors (Lipinski definition) is 7. The maximum Gasteiger partial charge on any atom is 0.252 e. The van der Waals surface area contributed by atoms with E-state index in [0.29, 0.717) is 36.8 Å². The van der Waals surface area contributed by atoms with Crippen LogP contribution in [0.3, 0.4) is 0 Å². The number of anilines is 3. The van der Waals surface area contributed by atoms with E-state index in [2.05, 4.69) is 25.6 Å². The Kier molecular flexibility index (Phi) is 5.89. The zero-order valence-electron chi connectivity index (χ0n) is 18.9. The average Bonchev–Trinajstić information content (AvgIpc) is 3.17. The number of aromatic nitrogens is 4. The Morgan fingerprint density at radius 2 is 1.81 bits per heavy atom. The second kappa shape index (κ2) is 8.92. The van der Waals surface area contributed by atoms with Gasteiger partial charge in [0.05, 0.1) is 17.8 Å². The SMILES string of the molecule is N#Cc1cc(F)c(Nc2nc3cnc(NC4CC(F)(F)C4)nc3n2[C@H]2CC[C@H](C(N)=O)CC2)c(F)c1. The number of alkyl halides is 2. The van der Waals surface area contributed by atoms with Gasteiger partial charge in [-0.25, -0.2) is 27.5 Å². The van der Waals surface area contributed by atoms with Crippen LogP contribution in [0.4, 0.5) is 35.1 Å². The quantitative estimate of drug-likeness (QED) is 0.431. The highest BCUT2D eigenvalue weighted by Crippen LogP contribution is 2.40. The molecule has 2 fully saturated rings. The van der Waals surface area contributed by atoms with Gasteiger partial charge in [0.15, 0.2) is 17.3 Å². The number of halogens is 4. The number of nitrogens with one attached hydrogen (secondary N) is 2. The summed E-state index contributed by atoms with van der Waals surface area (Å²) in [5.74, 6) is -5.07. The molecule has 2 aliphatic rings. The molecule has 2 aliphatic carbocycles. The molecule has 188 valence electrons. The molecule has 2 aromatic heterocycles. The fourth-order valence-corrected chi connectivity index (χ4v) is 4.83. The number of primary amides is 1. The molecule has 4 N–H and O–H groups in total. The number of nitrogens with zero attached hydrogens (tertiary/aromatic N) is 5. The van der Waals surface area contributed by atoms with Crippen molar-refractivity contribution in [1.29, 1.82) is 5.26 Å². The van der Waals surface area contributed by atoms with Crippen LogP contribution in [0, 0.1) is 28.9 Å². The molecule has 0 spiro atoms. The van der Waals surface area contributed by atoms with Crippen LogP contribution in [-0.2, 0) is 4.79 Å². The van der Waals surface area contributed by atoms with Gasteiger partial charge in [0.2, 0.25) is 17.8 Å². The van der Waals surface area contributed by atoms with E-state index in [4.69, 9.17) is 11.0 Å². The number of rotatable bonds is 6. The van der Waals surface area contributed by atoms with E-state index in [1.54, 1.807) is 10.6 Å². The lowest BCUT2D eigenvalue weighted by Gasteiger charge is -2.35. The topological polar surface area (TPSA) is 135 Å². The van der Waals surface area contributed by atoms with E-state index >= 15 is 0 Å². The zero-order valence-corrected chi connectivity index (χ0v) is 18.9. The van der Waals surface area contributed by atoms with Gasteiger partial charge >= 0.3 is 0 Å². The molecule has 0 aliphatic heterocycles. The van der Waals surface area contributed by atoms with Crippen LogP contribution in [-0.4, -0.2) is 37.4 Å². The first-order valence-electron chi connectivity index (χ1n) is 11.5. The average molecular weight is 502 g/mol. The van der Waals surface area contributed by atoms with E-state index in [-0.39, 0.29) is 48.2 Å². The molecular weight excluding hydrogens is 480 g/mol. The van der Waals surface area contributed by atoms with Gasteiger partial charge in [-0.2, -0.15) is 10.2 Å². The molecule has 13 heteroatoms. The minimum atomic E-state index is -2.71. The lowest BCUT2D eigenvalue weighted by molar-refractivity contribution is -0.122. The van der Waals surface area contributed by atoms with Crippen molar-refractivity contribution in [2.24, 2.45) is 11.7 Å². The van der Waals surface area contributed by atoms with E-state index in [1.807, 2.05) is 0 Å². The number of carbonyl (C=O) groups is 1. The summed E-state index contributed by atoms with van der Waals surface area (Å²) in [6, 6.07) is 2.81. The molecule has 0 atom stereocenters. The van der Waals surface area contributed by atoms with E-state index in [1.165, 1.54) is 6.20 Å². The van der Waals surface area contributed by atoms with Crippen molar-refractivity contribution >= 4 is 34.7 Å². The Hall–Kier alpha value is -3.95. The standard InChI is InChI=1S/C23H22F4N8O/c24-15-5-11(9-28)6-16(25)18(15)33-22-32-17-10-30-21(31-13-7-23(26,27)8-13)34-20(17)35(22)14-3-1-12(2-4-14)19(29)36/h5-6,10,12-14H,1-4,7-8H2,(H2,29,36)(H,32,33)(H,30,31,34)/t12-,14-. The van der Waals surface area contributed by atoms with E-state index < -0.39 is 29.3 Å². The van der Waals surface area contributed by atoms with Crippen LogP contribution >= 0.6 is 0 Å². The molecule has 0 unspecified atom stereocenters. The van der Waals surface area contributed by atoms with Gasteiger partial charge in [-0.05, 0) is 37.8 Å². The lowest BCUT2D eigenvalue weighted by atomic mass is 9.85. The number of carbonyl (C=O) groups excluding carboxylic acids is 1. The Morgan fingerprint density at radius 3 is 2.39 bits per heavy atom. The summed E-state index contributed by atoms with van der Waals surface area (Å²) < 4.78 is 57.4.